The summed E-state index contributed by atoms with van der Waals surface area (Å²) >= 11 is 12.0. The number of likely N-dealkylation sites (N-methyl/N-ethyl adjacent to an activating group) is 1. The van der Waals surface area contributed by atoms with Crippen molar-refractivity contribution in [3.63, 3.8) is 0 Å². The van der Waals surface area contributed by atoms with Gasteiger partial charge in [-0.05, 0) is 17.7 Å². The zero-order valence-electron chi connectivity index (χ0n) is 11.9. The molecular weight excluding hydrogens is 408 g/mol. The SMILES string of the molecule is CN1CCN=C1NCC(C)(C)c1ccc(Cl)c(Cl)c1.I. The molecule has 1 heterocycles. The van der Waals surface area contributed by atoms with E-state index in [1.54, 1.807) is 0 Å². The molecule has 0 aromatic heterocycles. The first-order valence-electron chi connectivity index (χ1n) is 6.35. The van der Waals surface area contributed by atoms with Gasteiger partial charge < -0.3 is 10.2 Å². The van der Waals surface area contributed by atoms with Crippen molar-refractivity contribution in [3.8, 4) is 0 Å². The summed E-state index contributed by atoms with van der Waals surface area (Å²) in [6, 6.07) is 5.81. The van der Waals surface area contributed by atoms with Crippen molar-refractivity contribution in [1.29, 1.82) is 0 Å². The number of aliphatic imine (C=N–C) groups is 1. The van der Waals surface area contributed by atoms with Gasteiger partial charge in [0.2, 0.25) is 0 Å². The summed E-state index contributed by atoms with van der Waals surface area (Å²) in [5.41, 5.74) is 1.12. The Morgan fingerprint density at radius 1 is 1.30 bits per heavy atom. The molecule has 0 saturated heterocycles. The molecule has 3 nitrogen and oxygen atoms in total. The highest BCUT2D eigenvalue weighted by atomic mass is 127. The second-order valence-electron chi connectivity index (χ2n) is 5.49. The number of nitrogens with zero attached hydrogens (tertiary/aromatic N) is 2. The number of nitrogens with one attached hydrogen (secondary N) is 1. The van der Waals surface area contributed by atoms with Gasteiger partial charge in [0.15, 0.2) is 5.96 Å². The van der Waals surface area contributed by atoms with Crippen LogP contribution in [0.3, 0.4) is 0 Å². The van der Waals surface area contributed by atoms with Gasteiger partial charge >= 0.3 is 0 Å². The first kappa shape index (κ1) is 17.9. The van der Waals surface area contributed by atoms with Crippen LogP contribution in [0.15, 0.2) is 23.2 Å². The van der Waals surface area contributed by atoms with Crippen LogP contribution in [0, 0.1) is 0 Å². The molecule has 1 aliphatic heterocycles. The lowest BCUT2D eigenvalue weighted by atomic mass is 9.84. The first-order valence-corrected chi connectivity index (χ1v) is 7.11. The average molecular weight is 428 g/mol. The third kappa shape index (κ3) is 4.15. The maximum absolute atomic E-state index is 6.09. The smallest absolute Gasteiger partial charge is 0.193 e. The lowest BCUT2D eigenvalue weighted by molar-refractivity contribution is 0.481. The standard InChI is InChI=1S/C14H19Cl2N3.HI/c1-14(2,9-18-13-17-6-7-19(13)3)10-4-5-11(15)12(16)8-10;/h4-5,8H,6-7,9H2,1-3H3,(H,17,18);1H. The predicted octanol–water partition coefficient (Wildman–Crippen LogP) is 3.78. The lowest BCUT2D eigenvalue weighted by Gasteiger charge is -2.28. The van der Waals surface area contributed by atoms with Crippen LogP contribution in [0.4, 0.5) is 0 Å². The number of benzene rings is 1. The van der Waals surface area contributed by atoms with Gasteiger partial charge in [-0.2, -0.15) is 0 Å². The lowest BCUT2D eigenvalue weighted by Crippen LogP contribution is -2.42. The van der Waals surface area contributed by atoms with Crippen molar-refractivity contribution in [2.24, 2.45) is 4.99 Å². The minimum Gasteiger partial charge on any atom is -0.355 e. The molecule has 0 unspecified atom stereocenters. The van der Waals surface area contributed by atoms with Crippen LogP contribution in [0.25, 0.3) is 0 Å². The quantitative estimate of drug-likeness (QED) is 0.743. The third-order valence-corrected chi connectivity index (χ3v) is 4.19. The Hall–Kier alpha value is -0.200. The van der Waals surface area contributed by atoms with Crippen molar-refractivity contribution in [3.05, 3.63) is 33.8 Å². The van der Waals surface area contributed by atoms with Crippen molar-refractivity contribution in [2.75, 3.05) is 26.7 Å². The van der Waals surface area contributed by atoms with Crippen LogP contribution in [0.2, 0.25) is 10.0 Å². The number of guanidine groups is 1. The Labute approximate surface area is 147 Å². The van der Waals surface area contributed by atoms with Crippen LogP contribution in [0.1, 0.15) is 19.4 Å². The largest absolute Gasteiger partial charge is 0.355 e. The van der Waals surface area contributed by atoms with Crippen molar-refractivity contribution >= 4 is 53.1 Å². The Kier molecular flexibility index (Phi) is 6.41. The molecule has 0 radical (unpaired) electrons. The second-order valence-corrected chi connectivity index (χ2v) is 6.31. The van der Waals surface area contributed by atoms with Crippen molar-refractivity contribution in [2.45, 2.75) is 19.3 Å². The molecule has 2 rings (SSSR count). The Bertz CT molecular complexity index is 503. The van der Waals surface area contributed by atoms with Gasteiger partial charge in [-0.15, -0.1) is 24.0 Å². The monoisotopic (exact) mass is 427 g/mol. The molecule has 1 N–H and O–H groups in total. The zero-order chi connectivity index (χ0) is 14.0. The fraction of sp³-hybridized carbons (Fsp3) is 0.500. The highest BCUT2D eigenvalue weighted by Crippen LogP contribution is 2.29. The number of rotatable bonds is 3. The number of hydrogen-bond donors (Lipinski definition) is 1. The molecule has 0 aliphatic carbocycles. The van der Waals surface area contributed by atoms with E-state index in [1.807, 2.05) is 25.2 Å². The van der Waals surface area contributed by atoms with Gasteiger partial charge in [0.25, 0.3) is 0 Å². The normalized spacial score (nSPS) is 14.8. The molecule has 0 saturated carbocycles. The molecule has 0 spiro atoms. The first-order chi connectivity index (χ1) is 8.90. The van der Waals surface area contributed by atoms with Gasteiger partial charge in [-0.25, -0.2) is 0 Å². The van der Waals surface area contributed by atoms with Crippen molar-refractivity contribution < 1.29 is 0 Å². The maximum Gasteiger partial charge on any atom is 0.193 e. The zero-order valence-corrected chi connectivity index (χ0v) is 15.8. The average Bonchev–Trinajstić information content (AvgIpc) is 2.76. The summed E-state index contributed by atoms with van der Waals surface area (Å²) < 4.78 is 0. The van der Waals surface area contributed by atoms with E-state index in [2.05, 4.69) is 29.1 Å². The second kappa shape index (κ2) is 7.18. The molecule has 0 atom stereocenters. The van der Waals surface area contributed by atoms with E-state index in [1.165, 1.54) is 0 Å². The van der Waals surface area contributed by atoms with Crippen LogP contribution < -0.4 is 5.32 Å². The summed E-state index contributed by atoms with van der Waals surface area (Å²) in [6.45, 7) is 7.00. The van der Waals surface area contributed by atoms with Gasteiger partial charge in [-0.3, -0.25) is 4.99 Å². The molecule has 1 aromatic carbocycles. The van der Waals surface area contributed by atoms with Crippen LogP contribution in [-0.2, 0) is 5.41 Å². The maximum atomic E-state index is 6.09. The summed E-state index contributed by atoms with van der Waals surface area (Å²) in [7, 11) is 2.05. The fourth-order valence-corrected chi connectivity index (χ4v) is 2.34. The molecule has 0 fully saturated rings. The van der Waals surface area contributed by atoms with E-state index in [9.17, 15) is 0 Å². The van der Waals surface area contributed by atoms with E-state index >= 15 is 0 Å². The Morgan fingerprint density at radius 2 is 2.00 bits per heavy atom. The topological polar surface area (TPSA) is 27.6 Å². The minimum absolute atomic E-state index is 0. The van der Waals surface area contributed by atoms with Crippen molar-refractivity contribution in [1.82, 2.24) is 10.2 Å². The fourth-order valence-electron chi connectivity index (χ4n) is 2.04. The van der Waals surface area contributed by atoms with E-state index < -0.39 is 0 Å². The van der Waals surface area contributed by atoms with E-state index in [4.69, 9.17) is 23.2 Å². The molecular formula is C14H20Cl2IN3. The van der Waals surface area contributed by atoms with Gasteiger partial charge in [0.1, 0.15) is 0 Å². The van der Waals surface area contributed by atoms with Crippen LogP contribution in [-0.4, -0.2) is 37.5 Å². The Morgan fingerprint density at radius 3 is 2.55 bits per heavy atom. The Balaban J connectivity index is 0.00000200. The molecule has 0 amide bonds. The van der Waals surface area contributed by atoms with Gasteiger partial charge in [0.05, 0.1) is 16.6 Å². The van der Waals surface area contributed by atoms with Gasteiger partial charge in [-0.1, -0.05) is 43.1 Å². The third-order valence-electron chi connectivity index (χ3n) is 3.45. The highest BCUT2D eigenvalue weighted by molar-refractivity contribution is 14.0. The number of hydrogen-bond acceptors (Lipinski definition) is 3. The molecule has 1 aromatic rings. The predicted molar refractivity (Wildman–Crippen MR) is 97.8 cm³/mol. The highest BCUT2D eigenvalue weighted by Gasteiger charge is 2.23. The summed E-state index contributed by atoms with van der Waals surface area (Å²) in [6.07, 6.45) is 0. The van der Waals surface area contributed by atoms with Crippen LogP contribution >= 0.6 is 47.2 Å². The van der Waals surface area contributed by atoms with E-state index in [-0.39, 0.29) is 29.4 Å². The molecule has 112 valence electrons. The summed E-state index contributed by atoms with van der Waals surface area (Å²) in [4.78, 5) is 6.56. The molecule has 0 bridgehead atoms. The van der Waals surface area contributed by atoms with E-state index in [0.717, 1.165) is 31.2 Å². The minimum atomic E-state index is -0.0415. The van der Waals surface area contributed by atoms with Gasteiger partial charge in [0, 0.05) is 25.6 Å². The summed E-state index contributed by atoms with van der Waals surface area (Å²) in [5.74, 6) is 0.966. The summed E-state index contributed by atoms with van der Waals surface area (Å²) in [5, 5.41) is 4.60. The molecule has 1 aliphatic rings. The molecule has 6 heteroatoms. The molecule has 20 heavy (non-hydrogen) atoms. The van der Waals surface area contributed by atoms with E-state index in [0.29, 0.717) is 10.0 Å². The van der Waals surface area contributed by atoms with Crippen LogP contribution in [0.5, 0.6) is 0 Å². The number of halogens is 3.